The summed E-state index contributed by atoms with van der Waals surface area (Å²) >= 11 is 0. The molecule has 376 valence electrons. The Labute approximate surface area is 402 Å². The van der Waals surface area contributed by atoms with Gasteiger partial charge in [0.25, 0.3) is 0 Å². The summed E-state index contributed by atoms with van der Waals surface area (Å²) in [6, 6.07) is 0. The first kappa shape index (κ1) is 62.1. The Balaban J connectivity index is 4.43. The van der Waals surface area contributed by atoms with Crippen molar-refractivity contribution in [2.24, 2.45) is 0 Å². The van der Waals surface area contributed by atoms with Crippen LogP contribution in [0.25, 0.3) is 0 Å². The van der Waals surface area contributed by atoms with Crippen LogP contribution in [0, 0.1) is 0 Å². The van der Waals surface area contributed by atoms with Crippen molar-refractivity contribution in [3.05, 3.63) is 60.8 Å². The normalized spacial score (nSPS) is 12.5. The molecule has 0 aromatic heterocycles. The van der Waals surface area contributed by atoms with E-state index >= 15 is 0 Å². The summed E-state index contributed by atoms with van der Waals surface area (Å²) in [6.07, 6.45) is 66.4. The number of carbonyl (C=O) groups is 3. The summed E-state index contributed by atoms with van der Waals surface area (Å²) in [5.41, 5.74) is 0. The second-order valence-corrected chi connectivity index (χ2v) is 18.5. The van der Waals surface area contributed by atoms with E-state index in [2.05, 4.69) is 81.5 Å². The number of hydrogen-bond acceptors (Lipinski definition) is 6. The van der Waals surface area contributed by atoms with Gasteiger partial charge in [-0.3, -0.25) is 14.4 Å². The average Bonchev–Trinajstić information content (AvgIpc) is 3.30. The minimum absolute atomic E-state index is 0.0879. The highest BCUT2D eigenvalue weighted by Crippen LogP contribution is 2.16. The molecule has 0 saturated heterocycles. The minimum atomic E-state index is -0.793. The Morgan fingerprint density at radius 1 is 0.323 bits per heavy atom. The number of rotatable bonds is 50. The van der Waals surface area contributed by atoms with E-state index in [9.17, 15) is 14.4 Å². The summed E-state index contributed by atoms with van der Waals surface area (Å²) in [6.45, 7) is 6.50. The van der Waals surface area contributed by atoms with Crippen molar-refractivity contribution in [1.82, 2.24) is 0 Å². The van der Waals surface area contributed by atoms with Crippen molar-refractivity contribution in [3.8, 4) is 0 Å². The SMILES string of the molecule is CC/C=C/C/C=C/C/C=C/C/C=C/C/C=C/CCCC(=O)OC[C@@H](COC(=O)CCCCCCCCCCCCCCC)OC(=O)CCCCCCCCCCCCCCCCCCC. The molecular weight excluding hydrogens is 805 g/mol. The van der Waals surface area contributed by atoms with Crippen LogP contribution in [0.4, 0.5) is 0 Å². The molecule has 0 aliphatic carbocycles. The Morgan fingerprint density at radius 2 is 0.600 bits per heavy atom. The zero-order valence-corrected chi connectivity index (χ0v) is 43.0. The molecule has 0 N–H and O–H groups in total. The lowest BCUT2D eigenvalue weighted by atomic mass is 10.0. The first-order valence-corrected chi connectivity index (χ1v) is 27.8. The van der Waals surface area contributed by atoms with Crippen LogP contribution in [0.15, 0.2) is 60.8 Å². The van der Waals surface area contributed by atoms with Crippen LogP contribution >= 0.6 is 0 Å². The number of hydrogen-bond donors (Lipinski definition) is 0. The monoisotopic (exact) mass is 909 g/mol. The molecule has 0 saturated carbocycles. The molecule has 0 fully saturated rings. The largest absolute Gasteiger partial charge is 0.462 e. The lowest BCUT2D eigenvalue weighted by molar-refractivity contribution is -0.167. The summed E-state index contributed by atoms with van der Waals surface area (Å²) in [5.74, 6) is -0.937. The highest BCUT2D eigenvalue weighted by molar-refractivity contribution is 5.71. The average molecular weight is 909 g/mol. The molecule has 65 heavy (non-hydrogen) atoms. The van der Waals surface area contributed by atoms with E-state index in [1.54, 1.807) is 0 Å². The molecule has 0 bridgehead atoms. The molecule has 0 amide bonds. The standard InChI is InChI=1S/C59H104O6/c1-4-7-10-13-16-19-22-25-27-29-31-34-37-40-43-46-49-52-58(61)64-55-56(54-63-57(60)51-48-45-42-39-36-33-24-21-18-15-12-9-6-3)65-59(62)53-50-47-44-41-38-35-32-30-28-26-23-20-17-14-11-8-5-2/h7,10,16,19,25,27,31,34,40,43,56H,4-6,8-9,11-15,17-18,20-24,26,28-30,32-33,35-39,41-42,44-55H2,1-3H3/b10-7+,19-16+,27-25+,34-31+,43-40+/t56-/m1/s1. The van der Waals surface area contributed by atoms with Crippen LogP contribution in [0.2, 0.25) is 0 Å². The topological polar surface area (TPSA) is 78.9 Å². The van der Waals surface area contributed by atoms with Crippen molar-refractivity contribution in [1.29, 1.82) is 0 Å². The van der Waals surface area contributed by atoms with E-state index in [1.807, 2.05) is 0 Å². The second-order valence-electron chi connectivity index (χ2n) is 18.5. The van der Waals surface area contributed by atoms with Crippen molar-refractivity contribution in [3.63, 3.8) is 0 Å². The summed E-state index contributed by atoms with van der Waals surface area (Å²) in [4.78, 5) is 38.1. The Kier molecular flexibility index (Phi) is 51.3. The first-order valence-electron chi connectivity index (χ1n) is 27.8. The fraction of sp³-hybridized carbons (Fsp3) is 0.780. The van der Waals surface area contributed by atoms with Gasteiger partial charge in [-0.1, -0.05) is 261 Å². The van der Waals surface area contributed by atoms with E-state index in [0.29, 0.717) is 19.3 Å². The second kappa shape index (κ2) is 53.7. The van der Waals surface area contributed by atoms with E-state index in [0.717, 1.165) is 77.0 Å². The number of ether oxygens (including phenoxy) is 3. The zero-order chi connectivity index (χ0) is 47.2. The van der Waals surface area contributed by atoms with E-state index in [1.165, 1.54) is 154 Å². The molecule has 0 aliphatic heterocycles. The predicted molar refractivity (Wildman–Crippen MR) is 279 cm³/mol. The molecular formula is C59H104O6. The van der Waals surface area contributed by atoms with Crippen LogP contribution in [-0.4, -0.2) is 37.2 Å². The third-order valence-electron chi connectivity index (χ3n) is 12.0. The van der Waals surface area contributed by atoms with Gasteiger partial charge < -0.3 is 14.2 Å². The molecule has 0 aromatic carbocycles. The molecule has 0 aliphatic rings. The molecule has 6 nitrogen and oxygen atoms in total. The van der Waals surface area contributed by atoms with Gasteiger partial charge in [0.1, 0.15) is 13.2 Å². The van der Waals surface area contributed by atoms with Gasteiger partial charge in [-0.05, 0) is 57.8 Å². The quantitative estimate of drug-likeness (QED) is 0.0262. The smallest absolute Gasteiger partial charge is 0.306 e. The Morgan fingerprint density at radius 3 is 0.938 bits per heavy atom. The van der Waals surface area contributed by atoms with Gasteiger partial charge >= 0.3 is 17.9 Å². The van der Waals surface area contributed by atoms with Crippen molar-refractivity contribution < 1.29 is 28.6 Å². The van der Waals surface area contributed by atoms with Gasteiger partial charge in [-0.25, -0.2) is 0 Å². The number of esters is 3. The number of unbranched alkanes of at least 4 members (excludes halogenated alkanes) is 29. The third-order valence-corrected chi connectivity index (χ3v) is 12.0. The zero-order valence-electron chi connectivity index (χ0n) is 43.0. The van der Waals surface area contributed by atoms with Crippen molar-refractivity contribution >= 4 is 17.9 Å². The maximum absolute atomic E-state index is 12.8. The Hall–Kier alpha value is -2.89. The van der Waals surface area contributed by atoms with E-state index < -0.39 is 6.10 Å². The van der Waals surface area contributed by atoms with Crippen LogP contribution in [0.3, 0.4) is 0 Å². The predicted octanol–water partition coefficient (Wildman–Crippen LogP) is 18.4. The van der Waals surface area contributed by atoms with E-state index in [4.69, 9.17) is 14.2 Å². The van der Waals surface area contributed by atoms with Crippen molar-refractivity contribution in [2.75, 3.05) is 13.2 Å². The highest BCUT2D eigenvalue weighted by atomic mass is 16.6. The number of carbonyl (C=O) groups excluding carboxylic acids is 3. The van der Waals surface area contributed by atoms with E-state index in [-0.39, 0.29) is 37.5 Å². The molecule has 6 heteroatoms. The fourth-order valence-corrected chi connectivity index (χ4v) is 7.89. The third kappa shape index (κ3) is 51.9. The van der Waals surface area contributed by atoms with Gasteiger partial charge in [-0.15, -0.1) is 0 Å². The first-order chi connectivity index (χ1) is 32.0. The van der Waals surface area contributed by atoms with Gasteiger partial charge in [0.15, 0.2) is 6.10 Å². The van der Waals surface area contributed by atoms with Crippen molar-refractivity contribution in [2.45, 2.75) is 284 Å². The van der Waals surface area contributed by atoms with Gasteiger partial charge in [-0.2, -0.15) is 0 Å². The minimum Gasteiger partial charge on any atom is -0.462 e. The summed E-state index contributed by atoms with van der Waals surface area (Å²) in [5, 5.41) is 0. The number of allylic oxidation sites excluding steroid dienone is 10. The summed E-state index contributed by atoms with van der Waals surface area (Å²) in [7, 11) is 0. The molecule has 0 radical (unpaired) electrons. The molecule has 0 spiro atoms. The molecule has 0 heterocycles. The maximum atomic E-state index is 12.8. The lowest BCUT2D eigenvalue weighted by Gasteiger charge is -2.18. The summed E-state index contributed by atoms with van der Waals surface area (Å²) < 4.78 is 16.8. The molecule has 1 atom stereocenters. The lowest BCUT2D eigenvalue weighted by Crippen LogP contribution is -2.30. The van der Waals surface area contributed by atoms with Crippen LogP contribution in [-0.2, 0) is 28.6 Å². The highest BCUT2D eigenvalue weighted by Gasteiger charge is 2.19. The molecule has 0 rings (SSSR count). The van der Waals surface area contributed by atoms with Crippen LogP contribution in [0.5, 0.6) is 0 Å². The van der Waals surface area contributed by atoms with Crippen LogP contribution in [0.1, 0.15) is 278 Å². The molecule has 0 unspecified atom stereocenters. The van der Waals surface area contributed by atoms with Crippen LogP contribution < -0.4 is 0 Å². The Bertz CT molecular complexity index is 1180. The van der Waals surface area contributed by atoms with Gasteiger partial charge in [0, 0.05) is 19.3 Å². The van der Waals surface area contributed by atoms with Gasteiger partial charge in [0.2, 0.25) is 0 Å². The fourth-order valence-electron chi connectivity index (χ4n) is 7.89. The molecule has 0 aromatic rings. The van der Waals surface area contributed by atoms with Gasteiger partial charge in [0.05, 0.1) is 0 Å². The maximum Gasteiger partial charge on any atom is 0.306 e.